The molecule has 1 heterocycles. The Morgan fingerprint density at radius 3 is 2.68 bits per heavy atom. The van der Waals surface area contributed by atoms with E-state index < -0.39 is 0 Å². The molecule has 1 aromatic carbocycles. The van der Waals surface area contributed by atoms with Gasteiger partial charge in [0.25, 0.3) is 0 Å². The molecule has 2 aromatic rings. The second kappa shape index (κ2) is 6.13. The molecule has 0 aliphatic heterocycles. The summed E-state index contributed by atoms with van der Waals surface area (Å²) in [5, 5.41) is 3.63. The molecule has 0 unspecified atom stereocenters. The zero-order chi connectivity index (χ0) is 13.7. The number of hydrogen-bond donors (Lipinski definition) is 0. The Morgan fingerprint density at radius 2 is 2.00 bits per heavy atom. The average molecular weight is 316 g/mol. The average Bonchev–Trinajstić information content (AvgIpc) is 2.41. The molecular weight excluding hydrogens is 306 g/mol. The van der Waals surface area contributed by atoms with Crippen molar-refractivity contribution in [2.45, 2.75) is 6.92 Å². The van der Waals surface area contributed by atoms with Gasteiger partial charge in [0.1, 0.15) is 0 Å². The van der Waals surface area contributed by atoms with Gasteiger partial charge in [-0.25, -0.2) is 0 Å². The van der Waals surface area contributed by atoms with Gasteiger partial charge in [0.05, 0.1) is 11.4 Å². The second-order valence-electron chi connectivity index (χ2n) is 3.84. The summed E-state index contributed by atoms with van der Waals surface area (Å²) in [7, 11) is 0. The molecule has 5 nitrogen and oxygen atoms in total. The highest BCUT2D eigenvalue weighted by molar-refractivity contribution is 9.10. The van der Waals surface area contributed by atoms with Crippen molar-refractivity contribution >= 4 is 33.5 Å². The highest BCUT2D eigenvalue weighted by atomic mass is 79.9. The molecule has 0 aliphatic rings. The van der Waals surface area contributed by atoms with Crippen molar-refractivity contribution < 1.29 is 0 Å². The first-order chi connectivity index (χ1) is 9.20. The lowest BCUT2D eigenvalue weighted by Crippen LogP contribution is -1.85. The Balaban J connectivity index is 2.35. The van der Waals surface area contributed by atoms with Crippen molar-refractivity contribution in [2.24, 2.45) is 10.1 Å². The van der Waals surface area contributed by atoms with Crippen molar-refractivity contribution in [1.29, 1.82) is 0 Å². The van der Waals surface area contributed by atoms with Crippen LogP contribution in [0.4, 0.5) is 11.4 Å². The van der Waals surface area contributed by atoms with E-state index in [2.05, 4.69) is 35.9 Å². The van der Waals surface area contributed by atoms with Crippen LogP contribution in [0, 0.1) is 6.92 Å². The predicted octanol–water partition coefficient (Wildman–Crippen LogP) is 4.84. The monoisotopic (exact) mass is 315 g/mol. The molecule has 94 valence electrons. The molecule has 6 heteroatoms. The molecule has 1 aromatic heterocycles. The van der Waals surface area contributed by atoms with Crippen LogP contribution in [0.1, 0.15) is 11.1 Å². The van der Waals surface area contributed by atoms with E-state index in [0.29, 0.717) is 15.7 Å². The highest BCUT2D eigenvalue weighted by Gasteiger charge is 2.03. The van der Waals surface area contributed by atoms with E-state index in [9.17, 15) is 0 Å². The quantitative estimate of drug-likeness (QED) is 0.345. The number of hydrogen-bond acceptors (Lipinski definition) is 3. The van der Waals surface area contributed by atoms with Gasteiger partial charge >= 0.3 is 0 Å². The molecule has 0 amide bonds. The first kappa shape index (κ1) is 13.3. The second-order valence-corrected chi connectivity index (χ2v) is 4.70. The number of aryl methyl sites for hydroxylation is 1. The minimum absolute atomic E-state index is 0.480. The minimum atomic E-state index is 0.480. The maximum absolute atomic E-state index is 8.56. The lowest BCUT2D eigenvalue weighted by molar-refractivity contribution is 1.27. The van der Waals surface area contributed by atoms with Crippen LogP contribution in [0.15, 0.2) is 51.2 Å². The van der Waals surface area contributed by atoms with Gasteiger partial charge in [0, 0.05) is 33.6 Å². The first-order valence-electron chi connectivity index (χ1n) is 5.50. The van der Waals surface area contributed by atoms with Crippen LogP contribution in [0.5, 0.6) is 0 Å². The van der Waals surface area contributed by atoms with Gasteiger partial charge in [-0.2, -0.15) is 0 Å². The van der Waals surface area contributed by atoms with Crippen molar-refractivity contribution in [3.8, 4) is 0 Å². The Hall–Kier alpha value is -2.17. The molecule has 0 saturated heterocycles. The van der Waals surface area contributed by atoms with Gasteiger partial charge in [-0.15, -0.1) is 0 Å². The van der Waals surface area contributed by atoms with Gasteiger partial charge in [0.2, 0.25) is 0 Å². The fourth-order valence-electron chi connectivity index (χ4n) is 1.46. The molecule has 0 aliphatic carbocycles. The Bertz CT molecular complexity index is 657. The van der Waals surface area contributed by atoms with E-state index in [4.69, 9.17) is 5.53 Å². The number of halogens is 1. The van der Waals surface area contributed by atoms with Crippen molar-refractivity contribution in [3.63, 3.8) is 0 Å². The van der Waals surface area contributed by atoms with Gasteiger partial charge in [-0.3, -0.25) is 9.98 Å². The standard InChI is InChI=1S/C13H10BrN5/c1-9-2-4-11(5-3-9)17-7-10-6-16-8-12(14)13(10)18-19-15/h2-8H,1H3. The Kier molecular flexibility index (Phi) is 4.28. The summed E-state index contributed by atoms with van der Waals surface area (Å²) in [6, 6.07) is 7.81. The molecule has 0 saturated carbocycles. The largest absolute Gasteiger partial charge is 0.263 e. The molecule has 0 bridgehead atoms. The molecule has 0 spiro atoms. The molecule has 2 rings (SSSR count). The van der Waals surface area contributed by atoms with E-state index in [-0.39, 0.29) is 0 Å². The third-order valence-electron chi connectivity index (χ3n) is 2.43. The predicted molar refractivity (Wildman–Crippen MR) is 79.2 cm³/mol. The molecule has 19 heavy (non-hydrogen) atoms. The summed E-state index contributed by atoms with van der Waals surface area (Å²) < 4.78 is 0.637. The fraction of sp³-hybridized carbons (Fsp3) is 0.0769. The van der Waals surface area contributed by atoms with Crippen molar-refractivity contribution in [3.05, 3.63) is 62.7 Å². The summed E-state index contributed by atoms with van der Waals surface area (Å²) in [5.74, 6) is 0. The Morgan fingerprint density at radius 1 is 1.26 bits per heavy atom. The lowest BCUT2D eigenvalue weighted by Gasteiger charge is -2.01. The van der Waals surface area contributed by atoms with E-state index >= 15 is 0 Å². The summed E-state index contributed by atoms with van der Waals surface area (Å²) in [6.45, 7) is 2.02. The van der Waals surface area contributed by atoms with Crippen molar-refractivity contribution in [2.75, 3.05) is 0 Å². The van der Waals surface area contributed by atoms with E-state index in [1.165, 1.54) is 5.56 Å². The van der Waals surface area contributed by atoms with Crippen LogP contribution < -0.4 is 0 Å². The number of rotatable bonds is 3. The SMILES string of the molecule is Cc1ccc(N=Cc2cncc(Br)c2N=[N+]=[N-])cc1. The summed E-state index contributed by atoms with van der Waals surface area (Å²) in [4.78, 5) is 11.2. The van der Waals surface area contributed by atoms with Crippen LogP contribution >= 0.6 is 15.9 Å². The first-order valence-corrected chi connectivity index (χ1v) is 6.29. The number of nitrogens with zero attached hydrogens (tertiary/aromatic N) is 5. The van der Waals surface area contributed by atoms with Crippen LogP contribution in [-0.4, -0.2) is 11.2 Å². The van der Waals surface area contributed by atoms with Gasteiger partial charge < -0.3 is 0 Å². The van der Waals surface area contributed by atoms with Gasteiger partial charge in [-0.05, 0) is 40.5 Å². The number of pyridine rings is 1. The summed E-state index contributed by atoms with van der Waals surface area (Å²) >= 11 is 3.29. The lowest BCUT2D eigenvalue weighted by atomic mass is 10.2. The van der Waals surface area contributed by atoms with Crippen LogP contribution in [0.25, 0.3) is 10.4 Å². The van der Waals surface area contributed by atoms with E-state index in [0.717, 1.165) is 5.69 Å². The number of aromatic nitrogens is 1. The fourth-order valence-corrected chi connectivity index (χ4v) is 1.89. The number of azide groups is 1. The van der Waals surface area contributed by atoms with Crippen molar-refractivity contribution in [1.82, 2.24) is 4.98 Å². The normalized spacial score (nSPS) is 10.4. The zero-order valence-electron chi connectivity index (χ0n) is 10.2. The van der Waals surface area contributed by atoms with Crippen LogP contribution in [0.3, 0.4) is 0 Å². The molecule has 0 fully saturated rings. The third kappa shape index (κ3) is 3.40. The Labute approximate surface area is 118 Å². The maximum atomic E-state index is 8.56. The van der Waals surface area contributed by atoms with Gasteiger partial charge in [0.15, 0.2) is 0 Å². The van der Waals surface area contributed by atoms with Crippen LogP contribution in [0.2, 0.25) is 0 Å². The smallest absolute Gasteiger partial charge is 0.0636 e. The summed E-state index contributed by atoms with van der Waals surface area (Å²) in [6.07, 6.45) is 4.81. The van der Waals surface area contributed by atoms with Crippen LogP contribution in [-0.2, 0) is 0 Å². The minimum Gasteiger partial charge on any atom is -0.263 e. The van der Waals surface area contributed by atoms with Gasteiger partial charge in [-0.1, -0.05) is 22.8 Å². The molecule has 0 N–H and O–H groups in total. The third-order valence-corrected chi connectivity index (χ3v) is 3.01. The molecule has 0 radical (unpaired) electrons. The number of benzene rings is 1. The molecular formula is C13H10BrN5. The van der Waals surface area contributed by atoms with E-state index in [1.807, 2.05) is 31.2 Å². The maximum Gasteiger partial charge on any atom is 0.0636 e. The number of aliphatic imine (C=N–C) groups is 1. The topological polar surface area (TPSA) is 74.0 Å². The zero-order valence-corrected chi connectivity index (χ0v) is 11.7. The van der Waals surface area contributed by atoms with E-state index in [1.54, 1.807) is 18.6 Å². The highest BCUT2D eigenvalue weighted by Crippen LogP contribution is 2.27. The molecule has 0 atom stereocenters. The summed E-state index contributed by atoms with van der Waals surface area (Å²) in [5.41, 5.74) is 11.7.